The molecule has 2 rings (SSSR count). The van der Waals surface area contributed by atoms with Crippen LogP contribution in [0.25, 0.3) is 0 Å². The van der Waals surface area contributed by atoms with Crippen molar-refractivity contribution >= 4 is 17.5 Å². The average molecular weight is 304 g/mol. The Kier molecular flexibility index (Phi) is 5.23. The van der Waals surface area contributed by atoms with Crippen LogP contribution in [0, 0.1) is 6.92 Å². The largest absolute Gasteiger partial charge is 0.481 e. The van der Waals surface area contributed by atoms with Gasteiger partial charge in [0.1, 0.15) is 5.75 Å². The van der Waals surface area contributed by atoms with E-state index in [4.69, 9.17) is 16.3 Å². The second-order valence-corrected chi connectivity index (χ2v) is 5.30. The minimum Gasteiger partial charge on any atom is -0.481 e. The normalized spacial score (nSPS) is 11.8. The molecule has 3 nitrogen and oxygen atoms in total. The van der Waals surface area contributed by atoms with Crippen molar-refractivity contribution in [2.24, 2.45) is 0 Å². The summed E-state index contributed by atoms with van der Waals surface area (Å²) >= 11 is 5.89. The van der Waals surface area contributed by atoms with Gasteiger partial charge in [-0.2, -0.15) is 0 Å². The summed E-state index contributed by atoms with van der Waals surface area (Å²) in [5, 5.41) is 3.46. The monoisotopic (exact) mass is 303 g/mol. The van der Waals surface area contributed by atoms with Crippen molar-refractivity contribution in [1.82, 2.24) is 5.32 Å². The van der Waals surface area contributed by atoms with Gasteiger partial charge >= 0.3 is 0 Å². The first kappa shape index (κ1) is 15.4. The van der Waals surface area contributed by atoms with E-state index in [-0.39, 0.29) is 5.91 Å². The fourth-order valence-electron chi connectivity index (χ4n) is 1.93. The maximum atomic E-state index is 12.0. The van der Waals surface area contributed by atoms with Gasteiger partial charge in [0, 0.05) is 11.6 Å². The molecule has 0 radical (unpaired) electrons. The SMILES string of the molecule is Cc1ccccc1CNC(=O)C(C)Oc1cccc(Cl)c1. The Morgan fingerprint density at radius 2 is 2.00 bits per heavy atom. The van der Waals surface area contributed by atoms with Crippen molar-refractivity contribution in [2.45, 2.75) is 26.5 Å². The molecule has 1 N–H and O–H groups in total. The van der Waals surface area contributed by atoms with Gasteiger partial charge in [0.25, 0.3) is 5.91 Å². The van der Waals surface area contributed by atoms with Gasteiger partial charge in [0.15, 0.2) is 6.10 Å². The summed E-state index contributed by atoms with van der Waals surface area (Å²) in [6.45, 7) is 4.23. The molecular formula is C17H18ClNO2. The topological polar surface area (TPSA) is 38.3 Å². The number of hydrogen-bond acceptors (Lipinski definition) is 2. The lowest BCUT2D eigenvalue weighted by molar-refractivity contribution is -0.127. The van der Waals surface area contributed by atoms with Crippen molar-refractivity contribution in [3.05, 3.63) is 64.7 Å². The molecule has 2 aromatic carbocycles. The Morgan fingerprint density at radius 3 is 2.71 bits per heavy atom. The lowest BCUT2D eigenvalue weighted by atomic mass is 10.1. The van der Waals surface area contributed by atoms with Gasteiger partial charge in [-0.15, -0.1) is 0 Å². The number of amides is 1. The van der Waals surface area contributed by atoms with Gasteiger partial charge < -0.3 is 10.1 Å². The number of benzene rings is 2. The molecule has 0 aromatic heterocycles. The standard InChI is InChI=1S/C17H18ClNO2/c1-12-6-3-4-7-14(12)11-19-17(20)13(2)21-16-9-5-8-15(18)10-16/h3-10,13H,11H2,1-2H3,(H,19,20). The molecule has 1 amide bonds. The molecule has 21 heavy (non-hydrogen) atoms. The Bertz CT molecular complexity index is 628. The summed E-state index contributed by atoms with van der Waals surface area (Å²) in [4.78, 5) is 12.0. The predicted octanol–water partition coefficient (Wildman–Crippen LogP) is 3.73. The molecule has 0 aliphatic carbocycles. The number of nitrogens with one attached hydrogen (secondary N) is 1. The van der Waals surface area contributed by atoms with E-state index < -0.39 is 6.10 Å². The number of halogens is 1. The maximum Gasteiger partial charge on any atom is 0.261 e. The van der Waals surface area contributed by atoms with Gasteiger partial charge in [-0.05, 0) is 43.2 Å². The first-order valence-electron chi connectivity index (χ1n) is 6.80. The molecule has 0 bridgehead atoms. The Labute approximate surface area is 129 Å². The zero-order valence-corrected chi connectivity index (χ0v) is 12.9. The highest BCUT2D eigenvalue weighted by molar-refractivity contribution is 6.30. The quantitative estimate of drug-likeness (QED) is 0.914. The number of hydrogen-bond donors (Lipinski definition) is 1. The van der Waals surface area contributed by atoms with Crippen molar-refractivity contribution in [1.29, 1.82) is 0 Å². The first-order chi connectivity index (χ1) is 10.1. The molecule has 0 heterocycles. The third-order valence-corrected chi connectivity index (χ3v) is 3.43. The fourth-order valence-corrected chi connectivity index (χ4v) is 2.11. The lowest BCUT2D eigenvalue weighted by Gasteiger charge is -2.15. The Hall–Kier alpha value is -2.00. The van der Waals surface area contributed by atoms with Crippen molar-refractivity contribution in [3.8, 4) is 5.75 Å². The Balaban J connectivity index is 1.90. The van der Waals surface area contributed by atoms with Crippen LogP contribution in [-0.2, 0) is 11.3 Å². The molecular weight excluding hydrogens is 286 g/mol. The van der Waals surface area contributed by atoms with Crippen LogP contribution in [0.2, 0.25) is 5.02 Å². The van der Waals surface area contributed by atoms with E-state index >= 15 is 0 Å². The molecule has 1 unspecified atom stereocenters. The molecule has 1 atom stereocenters. The predicted molar refractivity (Wildman–Crippen MR) is 84.6 cm³/mol. The van der Waals surface area contributed by atoms with Gasteiger partial charge in [-0.25, -0.2) is 0 Å². The highest BCUT2D eigenvalue weighted by atomic mass is 35.5. The second kappa shape index (κ2) is 7.14. The number of rotatable bonds is 5. The molecule has 0 aliphatic rings. The summed E-state index contributed by atoms with van der Waals surface area (Å²) in [5.41, 5.74) is 2.25. The highest BCUT2D eigenvalue weighted by Crippen LogP contribution is 2.18. The van der Waals surface area contributed by atoms with Crippen molar-refractivity contribution in [2.75, 3.05) is 0 Å². The van der Waals surface area contributed by atoms with Gasteiger partial charge in [0.2, 0.25) is 0 Å². The zero-order valence-electron chi connectivity index (χ0n) is 12.1. The van der Waals surface area contributed by atoms with Crippen LogP contribution in [0.1, 0.15) is 18.1 Å². The van der Waals surface area contributed by atoms with Crippen LogP contribution in [0.3, 0.4) is 0 Å². The summed E-state index contributed by atoms with van der Waals surface area (Å²) in [6, 6.07) is 15.0. The van der Waals surface area contributed by atoms with Crippen LogP contribution in [0.5, 0.6) is 5.75 Å². The van der Waals surface area contributed by atoms with Crippen LogP contribution in [-0.4, -0.2) is 12.0 Å². The molecule has 4 heteroatoms. The summed E-state index contributed by atoms with van der Waals surface area (Å²) in [6.07, 6.45) is -0.576. The van der Waals surface area contributed by atoms with Crippen LogP contribution < -0.4 is 10.1 Å². The molecule has 0 saturated carbocycles. The van der Waals surface area contributed by atoms with Crippen LogP contribution in [0.15, 0.2) is 48.5 Å². The van der Waals surface area contributed by atoms with Crippen molar-refractivity contribution < 1.29 is 9.53 Å². The highest BCUT2D eigenvalue weighted by Gasteiger charge is 2.14. The van der Waals surface area contributed by atoms with Gasteiger partial charge in [-0.3, -0.25) is 4.79 Å². The molecule has 0 spiro atoms. The van der Waals surface area contributed by atoms with Crippen molar-refractivity contribution in [3.63, 3.8) is 0 Å². The fraction of sp³-hybridized carbons (Fsp3) is 0.235. The van der Waals surface area contributed by atoms with Crippen LogP contribution >= 0.6 is 11.6 Å². The number of carbonyl (C=O) groups excluding carboxylic acids is 1. The average Bonchev–Trinajstić information content (AvgIpc) is 2.46. The third kappa shape index (κ3) is 4.50. The number of aryl methyl sites for hydroxylation is 1. The number of carbonyl (C=O) groups is 1. The van der Waals surface area contributed by atoms with E-state index in [1.54, 1.807) is 31.2 Å². The minimum atomic E-state index is -0.576. The van der Waals surface area contributed by atoms with E-state index in [0.717, 1.165) is 11.1 Å². The smallest absolute Gasteiger partial charge is 0.261 e. The lowest BCUT2D eigenvalue weighted by Crippen LogP contribution is -2.36. The van der Waals surface area contributed by atoms with Gasteiger partial charge in [0.05, 0.1) is 0 Å². The second-order valence-electron chi connectivity index (χ2n) is 4.86. The zero-order chi connectivity index (χ0) is 15.2. The summed E-state index contributed by atoms with van der Waals surface area (Å²) in [5.74, 6) is 0.430. The van der Waals surface area contributed by atoms with Gasteiger partial charge in [-0.1, -0.05) is 41.9 Å². The first-order valence-corrected chi connectivity index (χ1v) is 7.18. The third-order valence-electron chi connectivity index (χ3n) is 3.19. The minimum absolute atomic E-state index is 0.154. The number of ether oxygens (including phenoxy) is 1. The molecule has 0 saturated heterocycles. The van der Waals surface area contributed by atoms with E-state index in [2.05, 4.69) is 5.32 Å². The van der Waals surface area contributed by atoms with Crippen LogP contribution in [0.4, 0.5) is 0 Å². The summed E-state index contributed by atoms with van der Waals surface area (Å²) < 4.78 is 5.58. The van der Waals surface area contributed by atoms with E-state index in [1.165, 1.54) is 0 Å². The molecule has 2 aromatic rings. The molecule has 0 aliphatic heterocycles. The van der Waals surface area contributed by atoms with E-state index in [9.17, 15) is 4.79 Å². The van der Waals surface area contributed by atoms with E-state index in [1.807, 2.05) is 31.2 Å². The summed E-state index contributed by atoms with van der Waals surface area (Å²) in [7, 11) is 0. The van der Waals surface area contributed by atoms with E-state index in [0.29, 0.717) is 17.3 Å². The maximum absolute atomic E-state index is 12.0. The molecule has 110 valence electrons. The molecule has 0 fully saturated rings. The Morgan fingerprint density at radius 1 is 1.24 bits per heavy atom.